The number of nitrogens with zero attached hydrogens (tertiary/aromatic N) is 2. The Morgan fingerprint density at radius 1 is 1.22 bits per heavy atom. The van der Waals surface area contributed by atoms with Gasteiger partial charge >= 0.3 is 0 Å². The van der Waals surface area contributed by atoms with Gasteiger partial charge in [0, 0.05) is 31.2 Å². The molecule has 0 spiro atoms. The molecule has 1 N–H and O–H groups in total. The lowest BCUT2D eigenvalue weighted by Crippen LogP contribution is -2.05. The van der Waals surface area contributed by atoms with E-state index in [9.17, 15) is 0 Å². The number of imidazole rings is 1. The van der Waals surface area contributed by atoms with E-state index >= 15 is 0 Å². The molecule has 1 aromatic carbocycles. The van der Waals surface area contributed by atoms with Crippen molar-refractivity contribution in [3.05, 3.63) is 36.4 Å². The van der Waals surface area contributed by atoms with Crippen molar-refractivity contribution in [1.29, 1.82) is 0 Å². The van der Waals surface area contributed by atoms with Crippen LogP contribution < -0.4 is 14.8 Å². The molecule has 0 amide bonds. The minimum Gasteiger partial charge on any atom is -0.493 e. The summed E-state index contributed by atoms with van der Waals surface area (Å²) >= 11 is 0. The van der Waals surface area contributed by atoms with Crippen LogP contribution in [0.1, 0.15) is 5.82 Å². The van der Waals surface area contributed by atoms with E-state index in [1.54, 1.807) is 20.4 Å². The summed E-state index contributed by atoms with van der Waals surface area (Å²) in [6, 6.07) is 5.73. The minimum absolute atomic E-state index is 0.666. The van der Waals surface area contributed by atoms with Crippen LogP contribution in [-0.4, -0.2) is 23.8 Å². The highest BCUT2D eigenvalue weighted by molar-refractivity contribution is 5.54. The molecular formula is C13H17N3O2. The summed E-state index contributed by atoms with van der Waals surface area (Å²) in [5.41, 5.74) is 0.968. The Bertz CT molecular complexity index is 523. The second-order valence-corrected chi connectivity index (χ2v) is 3.88. The van der Waals surface area contributed by atoms with Gasteiger partial charge in [0.25, 0.3) is 0 Å². The topological polar surface area (TPSA) is 48.3 Å². The molecule has 2 rings (SSSR count). The van der Waals surface area contributed by atoms with E-state index in [0.717, 1.165) is 17.3 Å². The van der Waals surface area contributed by atoms with Gasteiger partial charge in [0.2, 0.25) is 0 Å². The van der Waals surface area contributed by atoms with Crippen molar-refractivity contribution in [2.75, 3.05) is 19.5 Å². The van der Waals surface area contributed by atoms with Crippen molar-refractivity contribution in [1.82, 2.24) is 9.55 Å². The molecular weight excluding hydrogens is 230 g/mol. The Labute approximate surface area is 106 Å². The molecule has 0 bridgehead atoms. The molecule has 5 heteroatoms. The Kier molecular flexibility index (Phi) is 3.72. The number of nitrogens with one attached hydrogen (secondary N) is 1. The van der Waals surface area contributed by atoms with E-state index in [0.29, 0.717) is 12.3 Å². The van der Waals surface area contributed by atoms with Gasteiger partial charge in [-0.15, -0.1) is 0 Å². The zero-order valence-corrected chi connectivity index (χ0v) is 10.8. The van der Waals surface area contributed by atoms with Crippen LogP contribution in [-0.2, 0) is 13.6 Å². The first-order chi connectivity index (χ1) is 8.74. The summed E-state index contributed by atoms with van der Waals surface area (Å²) in [5, 5.41) is 3.30. The number of rotatable bonds is 5. The van der Waals surface area contributed by atoms with Crippen LogP contribution in [0.25, 0.3) is 0 Å². The fourth-order valence-electron chi connectivity index (χ4n) is 1.69. The highest BCUT2D eigenvalue weighted by Gasteiger charge is 2.05. The molecule has 0 aliphatic rings. The zero-order valence-electron chi connectivity index (χ0n) is 10.8. The van der Waals surface area contributed by atoms with Gasteiger partial charge in [0.05, 0.1) is 20.8 Å². The molecule has 1 aromatic heterocycles. The molecule has 0 fully saturated rings. The monoisotopic (exact) mass is 247 g/mol. The molecule has 96 valence electrons. The number of hydrogen-bond donors (Lipinski definition) is 1. The molecule has 0 saturated heterocycles. The summed E-state index contributed by atoms with van der Waals surface area (Å²) in [6.07, 6.45) is 3.71. The summed E-state index contributed by atoms with van der Waals surface area (Å²) in [5.74, 6) is 2.41. The lowest BCUT2D eigenvalue weighted by atomic mass is 10.2. The van der Waals surface area contributed by atoms with E-state index in [2.05, 4.69) is 10.3 Å². The highest BCUT2D eigenvalue weighted by Crippen LogP contribution is 2.29. The Morgan fingerprint density at radius 2 is 2.00 bits per heavy atom. The lowest BCUT2D eigenvalue weighted by molar-refractivity contribution is 0.355. The average Bonchev–Trinajstić information content (AvgIpc) is 2.81. The minimum atomic E-state index is 0.666. The van der Waals surface area contributed by atoms with Gasteiger partial charge in [0.1, 0.15) is 5.82 Å². The largest absolute Gasteiger partial charge is 0.493 e. The van der Waals surface area contributed by atoms with E-state index in [4.69, 9.17) is 9.47 Å². The van der Waals surface area contributed by atoms with E-state index in [-0.39, 0.29) is 0 Å². The van der Waals surface area contributed by atoms with Crippen molar-refractivity contribution >= 4 is 5.69 Å². The predicted octanol–water partition coefficient (Wildman–Crippen LogP) is 2.05. The van der Waals surface area contributed by atoms with Crippen molar-refractivity contribution < 1.29 is 9.47 Å². The second-order valence-electron chi connectivity index (χ2n) is 3.88. The van der Waals surface area contributed by atoms with Crippen molar-refractivity contribution in [2.45, 2.75) is 6.54 Å². The number of anilines is 1. The standard InChI is InChI=1S/C13H17N3O2/c1-16-7-6-14-13(16)9-15-10-4-5-11(17-2)12(8-10)18-3/h4-8,15H,9H2,1-3H3. The van der Waals surface area contributed by atoms with Crippen LogP contribution in [0.4, 0.5) is 5.69 Å². The number of hydrogen-bond acceptors (Lipinski definition) is 4. The summed E-state index contributed by atoms with van der Waals surface area (Å²) in [6.45, 7) is 0.666. The zero-order chi connectivity index (χ0) is 13.0. The van der Waals surface area contributed by atoms with Crippen LogP contribution >= 0.6 is 0 Å². The smallest absolute Gasteiger partial charge is 0.162 e. The molecule has 0 saturated carbocycles. The van der Waals surface area contributed by atoms with Crippen LogP contribution in [0.2, 0.25) is 0 Å². The van der Waals surface area contributed by atoms with Crippen molar-refractivity contribution in [3.8, 4) is 11.5 Å². The fraction of sp³-hybridized carbons (Fsp3) is 0.308. The van der Waals surface area contributed by atoms with Crippen LogP contribution in [0, 0.1) is 0 Å². The Morgan fingerprint density at radius 3 is 2.61 bits per heavy atom. The molecule has 2 aromatic rings. The molecule has 0 unspecified atom stereocenters. The van der Waals surface area contributed by atoms with E-state index < -0.39 is 0 Å². The van der Waals surface area contributed by atoms with Gasteiger partial charge in [-0.2, -0.15) is 0 Å². The number of aryl methyl sites for hydroxylation is 1. The second kappa shape index (κ2) is 5.44. The Hall–Kier alpha value is -2.17. The molecule has 0 aliphatic heterocycles. The fourth-order valence-corrected chi connectivity index (χ4v) is 1.69. The van der Waals surface area contributed by atoms with Gasteiger partial charge in [0.15, 0.2) is 11.5 Å². The third-order valence-electron chi connectivity index (χ3n) is 2.76. The SMILES string of the molecule is COc1ccc(NCc2nccn2C)cc1OC. The van der Waals surface area contributed by atoms with E-state index in [1.807, 2.05) is 36.0 Å². The number of aromatic nitrogens is 2. The van der Waals surface area contributed by atoms with Crippen LogP contribution in [0.15, 0.2) is 30.6 Å². The van der Waals surface area contributed by atoms with Gasteiger partial charge in [-0.3, -0.25) is 0 Å². The third-order valence-corrected chi connectivity index (χ3v) is 2.76. The first kappa shape index (κ1) is 12.3. The summed E-state index contributed by atoms with van der Waals surface area (Å²) < 4.78 is 12.4. The maximum Gasteiger partial charge on any atom is 0.162 e. The summed E-state index contributed by atoms with van der Waals surface area (Å²) in [4.78, 5) is 4.25. The van der Waals surface area contributed by atoms with Crippen molar-refractivity contribution in [2.24, 2.45) is 7.05 Å². The molecule has 0 atom stereocenters. The predicted molar refractivity (Wildman–Crippen MR) is 70.1 cm³/mol. The molecule has 0 aliphatic carbocycles. The number of benzene rings is 1. The quantitative estimate of drug-likeness (QED) is 0.878. The van der Waals surface area contributed by atoms with Crippen LogP contribution in [0.5, 0.6) is 11.5 Å². The molecule has 5 nitrogen and oxygen atoms in total. The van der Waals surface area contributed by atoms with Gasteiger partial charge < -0.3 is 19.4 Å². The van der Waals surface area contributed by atoms with E-state index in [1.165, 1.54) is 0 Å². The maximum absolute atomic E-state index is 5.25. The number of ether oxygens (including phenoxy) is 2. The normalized spacial score (nSPS) is 10.2. The van der Waals surface area contributed by atoms with Gasteiger partial charge in [-0.1, -0.05) is 0 Å². The summed E-state index contributed by atoms with van der Waals surface area (Å²) in [7, 11) is 5.22. The van der Waals surface area contributed by atoms with Gasteiger partial charge in [-0.25, -0.2) is 4.98 Å². The molecule has 0 radical (unpaired) electrons. The maximum atomic E-state index is 5.25. The average molecular weight is 247 g/mol. The third kappa shape index (κ3) is 2.56. The first-order valence-electron chi connectivity index (χ1n) is 5.66. The first-order valence-corrected chi connectivity index (χ1v) is 5.66. The Balaban J connectivity index is 2.08. The van der Waals surface area contributed by atoms with Gasteiger partial charge in [-0.05, 0) is 12.1 Å². The highest BCUT2D eigenvalue weighted by atomic mass is 16.5. The lowest BCUT2D eigenvalue weighted by Gasteiger charge is -2.11. The molecule has 18 heavy (non-hydrogen) atoms. The van der Waals surface area contributed by atoms with Crippen LogP contribution in [0.3, 0.4) is 0 Å². The van der Waals surface area contributed by atoms with Crippen molar-refractivity contribution in [3.63, 3.8) is 0 Å². The number of methoxy groups -OCH3 is 2. The molecule has 1 heterocycles.